The summed E-state index contributed by atoms with van der Waals surface area (Å²) in [6.45, 7) is 0. The highest BCUT2D eigenvalue weighted by molar-refractivity contribution is 7.90. The molecule has 12 heavy (non-hydrogen) atoms. The molecule has 1 aromatic carbocycles. The predicted molar refractivity (Wildman–Crippen MR) is 44.3 cm³/mol. The van der Waals surface area contributed by atoms with Crippen LogP contribution in [0.4, 0.5) is 10.2 Å². The molecule has 0 aromatic heterocycles. The van der Waals surface area contributed by atoms with Crippen LogP contribution in [0.2, 0.25) is 0 Å². The SMILES string of the molecule is CS(=O)(=O)c1cccc(NF)c1. The van der Waals surface area contributed by atoms with Gasteiger partial charge in [-0.25, -0.2) is 14.0 Å². The molecule has 1 rings (SSSR count). The molecule has 0 amide bonds. The molecule has 0 unspecified atom stereocenters. The molecule has 0 radical (unpaired) electrons. The number of anilines is 1. The lowest BCUT2D eigenvalue weighted by Crippen LogP contribution is -1.97. The van der Waals surface area contributed by atoms with Gasteiger partial charge >= 0.3 is 0 Å². The molecule has 0 fully saturated rings. The average molecular weight is 189 g/mol. The van der Waals surface area contributed by atoms with Crippen molar-refractivity contribution in [3.63, 3.8) is 0 Å². The van der Waals surface area contributed by atoms with Crippen LogP contribution in [0.5, 0.6) is 0 Å². The topological polar surface area (TPSA) is 46.2 Å². The van der Waals surface area contributed by atoms with Gasteiger partial charge < -0.3 is 0 Å². The molecule has 0 aliphatic heterocycles. The first-order chi connectivity index (χ1) is 5.54. The van der Waals surface area contributed by atoms with Crippen molar-refractivity contribution in [3.8, 4) is 0 Å². The molecule has 1 N–H and O–H groups in total. The molecule has 0 atom stereocenters. The summed E-state index contributed by atoms with van der Waals surface area (Å²) in [6.07, 6.45) is 1.07. The molecular weight excluding hydrogens is 181 g/mol. The van der Waals surface area contributed by atoms with E-state index in [4.69, 9.17) is 0 Å². The van der Waals surface area contributed by atoms with Gasteiger partial charge in [0.05, 0.1) is 10.6 Å². The third-order valence-electron chi connectivity index (χ3n) is 1.37. The Morgan fingerprint density at radius 3 is 2.58 bits per heavy atom. The van der Waals surface area contributed by atoms with Crippen LogP contribution >= 0.6 is 0 Å². The van der Waals surface area contributed by atoms with Gasteiger partial charge in [0.2, 0.25) is 0 Å². The van der Waals surface area contributed by atoms with Gasteiger partial charge in [-0.2, -0.15) is 0 Å². The molecule has 1 aromatic rings. The highest BCUT2D eigenvalue weighted by atomic mass is 32.2. The van der Waals surface area contributed by atoms with Gasteiger partial charge in [-0.3, -0.25) is 0 Å². The molecular formula is C7H8FNO2S. The van der Waals surface area contributed by atoms with Crippen molar-refractivity contribution in [3.05, 3.63) is 24.3 Å². The number of hydrogen-bond donors (Lipinski definition) is 1. The Kier molecular flexibility index (Phi) is 2.32. The van der Waals surface area contributed by atoms with Gasteiger partial charge in [-0.1, -0.05) is 6.07 Å². The normalized spacial score (nSPS) is 11.2. The third-order valence-corrected chi connectivity index (χ3v) is 2.48. The van der Waals surface area contributed by atoms with Crippen LogP contribution in [-0.4, -0.2) is 14.7 Å². The third kappa shape index (κ3) is 1.94. The zero-order valence-electron chi connectivity index (χ0n) is 6.41. The average Bonchev–Trinajstić information content (AvgIpc) is 2.03. The van der Waals surface area contributed by atoms with Gasteiger partial charge in [-0.15, -0.1) is 4.48 Å². The zero-order valence-corrected chi connectivity index (χ0v) is 7.23. The Morgan fingerprint density at radius 1 is 1.42 bits per heavy atom. The predicted octanol–water partition coefficient (Wildman–Crippen LogP) is 1.39. The fourth-order valence-corrected chi connectivity index (χ4v) is 1.45. The number of hydrogen-bond acceptors (Lipinski definition) is 3. The summed E-state index contributed by atoms with van der Waals surface area (Å²) < 4.78 is 33.8. The number of sulfone groups is 1. The van der Waals surface area contributed by atoms with Crippen LogP contribution < -0.4 is 5.54 Å². The van der Waals surface area contributed by atoms with Crippen LogP contribution in [-0.2, 0) is 9.84 Å². The molecule has 0 spiro atoms. The van der Waals surface area contributed by atoms with Crippen molar-refractivity contribution in [1.29, 1.82) is 0 Å². The Labute approximate surface area is 70.1 Å². The largest absolute Gasteiger partial charge is 0.225 e. The van der Waals surface area contributed by atoms with E-state index < -0.39 is 9.84 Å². The second kappa shape index (κ2) is 3.10. The maximum atomic E-state index is 11.8. The zero-order chi connectivity index (χ0) is 9.19. The molecule has 5 heteroatoms. The Morgan fingerprint density at radius 2 is 2.08 bits per heavy atom. The Hall–Kier alpha value is -1.10. The quantitative estimate of drug-likeness (QED) is 0.715. The molecule has 0 bridgehead atoms. The standard InChI is InChI=1S/C7H8FNO2S/c1-12(10,11)7-4-2-3-6(5-7)9-8/h2-5,9H,1H3. The lowest BCUT2D eigenvalue weighted by molar-refractivity contribution is 0.601. The number of nitrogens with one attached hydrogen (secondary N) is 1. The van der Waals surface area contributed by atoms with E-state index in [1.165, 1.54) is 29.8 Å². The van der Waals surface area contributed by atoms with E-state index in [0.717, 1.165) is 6.26 Å². The van der Waals surface area contributed by atoms with E-state index in [1.54, 1.807) is 0 Å². The number of halogens is 1. The molecule has 3 nitrogen and oxygen atoms in total. The molecule has 0 heterocycles. The summed E-state index contributed by atoms with van der Waals surface area (Å²) in [4.78, 5) is 0.102. The van der Waals surface area contributed by atoms with Crippen molar-refractivity contribution < 1.29 is 12.9 Å². The van der Waals surface area contributed by atoms with E-state index >= 15 is 0 Å². The molecule has 0 aliphatic rings. The van der Waals surface area contributed by atoms with Gasteiger partial charge in [0.25, 0.3) is 0 Å². The lowest BCUT2D eigenvalue weighted by Gasteiger charge is -1.99. The van der Waals surface area contributed by atoms with Crippen LogP contribution in [0.25, 0.3) is 0 Å². The first-order valence-electron chi connectivity index (χ1n) is 3.21. The van der Waals surface area contributed by atoms with E-state index in [0.29, 0.717) is 0 Å². The monoisotopic (exact) mass is 189 g/mol. The molecule has 0 saturated heterocycles. The van der Waals surface area contributed by atoms with Crippen molar-refractivity contribution in [1.82, 2.24) is 0 Å². The Balaban J connectivity index is 3.20. The van der Waals surface area contributed by atoms with E-state index in [1.807, 2.05) is 0 Å². The highest BCUT2D eigenvalue weighted by Gasteiger charge is 2.06. The van der Waals surface area contributed by atoms with Crippen LogP contribution in [0.3, 0.4) is 0 Å². The fraction of sp³-hybridized carbons (Fsp3) is 0.143. The fourth-order valence-electron chi connectivity index (χ4n) is 0.786. The van der Waals surface area contributed by atoms with Crippen molar-refractivity contribution in [2.75, 3.05) is 11.8 Å². The molecule has 66 valence electrons. The summed E-state index contributed by atoms with van der Waals surface area (Å²) in [6, 6.07) is 5.55. The van der Waals surface area contributed by atoms with Crippen LogP contribution in [0.1, 0.15) is 0 Å². The highest BCUT2D eigenvalue weighted by Crippen LogP contribution is 2.14. The summed E-state index contributed by atoms with van der Waals surface area (Å²) in [5, 5.41) is 0. The minimum atomic E-state index is -3.24. The lowest BCUT2D eigenvalue weighted by atomic mass is 10.3. The number of rotatable bonds is 2. The smallest absolute Gasteiger partial charge is 0.175 e. The van der Waals surface area contributed by atoms with E-state index in [9.17, 15) is 12.9 Å². The number of benzene rings is 1. The van der Waals surface area contributed by atoms with Crippen molar-refractivity contribution in [2.45, 2.75) is 4.90 Å². The van der Waals surface area contributed by atoms with E-state index in [-0.39, 0.29) is 10.6 Å². The minimum absolute atomic E-state index is 0.102. The maximum Gasteiger partial charge on any atom is 0.175 e. The molecule has 0 aliphatic carbocycles. The van der Waals surface area contributed by atoms with E-state index in [2.05, 4.69) is 0 Å². The van der Waals surface area contributed by atoms with Crippen LogP contribution in [0, 0.1) is 0 Å². The van der Waals surface area contributed by atoms with Gasteiger partial charge in [-0.05, 0) is 18.2 Å². The second-order valence-corrected chi connectivity index (χ2v) is 4.41. The minimum Gasteiger partial charge on any atom is -0.225 e. The summed E-state index contributed by atoms with van der Waals surface area (Å²) in [5.41, 5.74) is 1.51. The van der Waals surface area contributed by atoms with Gasteiger partial charge in [0.15, 0.2) is 9.84 Å². The maximum absolute atomic E-state index is 11.8. The first kappa shape index (κ1) is 8.99. The first-order valence-corrected chi connectivity index (χ1v) is 5.10. The summed E-state index contributed by atoms with van der Waals surface area (Å²) in [7, 11) is -3.24. The summed E-state index contributed by atoms with van der Waals surface area (Å²) in [5.74, 6) is 0. The second-order valence-electron chi connectivity index (χ2n) is 2.39. The summed E-state index contributed by atoms with van der Waals surface area (Å²) >= 11 is 0. The van der Waals surface area contributed by atoms with Gasteiger partial charge in [0, 0.05) is 6.26 Å². The van der Waals surface area contributed by atoms with Crippen molar-refractivity contribution >= 4 is 15.5 Å². The Bertz CT molecular complexity index is 375. The van der Waals surface area contributed by atoms with Crippen LogP contribution in [0.15, 0.2) is 29.2 Å². The van der Waals surface area contributed by atoms with Crippen molar-refractivity contribution in [2.24, 2.45) is 0 Å². The van der Waals surface area contributed by atoms with Gasteiger partial charge in [0.1, 0.15) is 0 Å². The molecule has 0 saturated carbocycles.